The molecule has 0 radical (unpaired) electrons. The van der Waals surface area contributed by atoms with Gasteiger partial charge in [-0.15, -0.1) is 0 Å². The lowest BCUT2D eigenvalue weighted by Crippen LogP contribution is -2.27. The maximum Gasteiger partial charge on any atom is 0.123 e. The number of hydrogen-bond acceptors (Lipinski definition) is 3. The molecule has 0 saturated carbocycles. The molecule has 1 atom stereocenters. The number of anilines is 1. The molecule has 1 aromatic carbocycles. The minimum absolute atomic E-state index is 0.211. The van der Waals surface area contributed by atoms with Crippen LogP contribution < -0.4 is 4.90 Å². The molecule has 1 aromatic rings. The van der Waals surface area contributed by atoms with E-state index in [0.717, 1.165) is 5.69 Å². The van der Waals surface area contributed by atoms with Crippen LogP contribution in [0, 0.1) is 5.82 Å². The van der Waals surface area contributed by atoms with Gasteiger partial charge >= 0.3 is 0 Å². The van der Waals surface area contributed by atoms with Gasteiger partial charge in [-0.25, -0.2) is 4.39 Å². The Bertz CT molecular complexity index is 328. The second-order valence-electron chi connectivity index (χ2n) is 3.66. The Morgan fingerprint density at radius 1 is 1.47 bits per heavy atom. The van der Waals surface area contributed by atoms with E-state index < -0.39 is 6.10 Å². The second kappa shape index (κ2) is 5.09. The first-order valence-electron chi connectivity index (χ1n) is 4.83. The first kappa shape index (κ1) is 11.9. The van der Waals surface area contributed by atoms with Crippen molar-refractivity contribution in [2.75, 3.05) is 18.5 Å². The molecule has 0 bridgehead atoms. The minimum atomic E-state index is -0.466. The highest BCUT2D eigenvalue weighted by molar-refractivity contribution is 5.53. The molecular formula is C11H16FNO2. The van der Waals surface area contributed by atoms with Gasteiger partial charge in [0.2, 0.25) is 0 Å². The molecule has 0 heterocycles. The van der Waals surface area contributed by atoms with Crippen molar-refractivity contribution >= 4 is 5.69 Å². The van der Waals surface area contributed by atoms with Crippen LogP contribution in [0.15, 0.2) is 18.2 Å². The first-order valence-corrected chi connectivity index (χ1v) is 4.83. The fourth-order valence-electron chi connectivity index (χ4n) is 1.55. The molecular weight excluding hydrogens is 197 g/mol. The Kier molecular flexibility index (Phi) is 4.05. The summed E-state index contributed by atoms with van der Waals surface area (Å²) < 4.78 is 12.9. The molecule has 0 aliphatic heterocycles. The molecule has 0 aliphatic carbocycles. The summed E-state index contributed by atoms with van der Waals surface area (Å²) in [6.45, 7) is 1.91. The lowest BCUT2D eigenvalue weighted by molar-refractivity contribution is 0.201. The van der Waals surface area contributed by atoms with Crippen LogP contribution in [0.2, 0.25) is 0 Å². The summed E-state index contributed by atoms with van der Waals surface area (Å²) in [5.74, 6) is -0.367. The highest BCUT2D eigenvalue weighted by atomic mass is 19.1. The number of rotatable bonds is 4. The third-order valence-corrected chi connectivity index (χ3v) is 2.16. The molecule has 0 fully saturated rings. The monoisotopic (exact) mass is 213 g/mol. The van der Waals surface area contributed by atoms with Crippen LogP contribution in [-0.2, 0) is 6.61 Å². The average Bonchev–Trinajstić information content (AvgIpc) is 2.16. The molecule has 0 aliphatic rings. The number of halogens is 1. The maximum atomic E-state index is 12.9. The molecule has 0 saturated heterocycles. The molecule has 84 valence electrons. The van der Waals surface area contributed by atoms with Gasteiger partial charge in [-0.2, -0.15) is 0 Å². The largest absolute Gasteiger partial charge is 0.392 e. The van der Waals surface area contributed by atoms with E-state index in [1.165, 1.54) is 12.1 Å². The van der Waals surface area contributed by atoms with E-state index in [-0.39, 0.29) is 12.4 Å². The van der Waals surface area contributed by atoms with Crippen molar-refractivity contribution in [1.82, 2.24) is 0 Å². The molecule has 2 N–H and O–H groups in total. The van der Waals surface area contributed by atoms with E-state index in [1.54, 1.807) is 24.9 Å². The number of likely N-dealkylation sites (N-methyl/N-ethyl adjacent to an activating group) is 1. The Morgan fingerprint density at radius 2 is 2.13 bits per heavy atom. The van der Waals surface area contributed by atoms with Crippen molar-refractivity contribution in [3.8, 4) is 0 Å². The summed E-state index contributed by atoms with van der Waals surface area (Å²) in [6, 6.07) is 4.24. The van der Waals surface area contributed by atoms with E-state index in [2.05, 4.69) is 0 Å². The van der Waals surface area contributed by atoms with E-state index in [9.17, 15) is 9.50 Å². The van der Waals surface area contributed by atoms with Crippen LogP contribution in [0.25, 0.3) is 0 Å². The standard InChI is InChI=1S/C11H16FNO2/c1-8(15)6-13(2)11-4-3-10(12)5-9(11)7-14/h3-5,8,14-15H,6-7H2,1-2H3. The highest BCUT2D eigenvalue weighted by Gasteiger charge is 2.09. The van der Waals surface area contributed by atoms with Gasteiger partial charge in [0.15, 0.2) is 0 Å². The van der Waals surface area contributed by atoms with Gasteiger partial charge in [0, 0.05) is 24.8 Å². The van der Waals surface area contributed by atoms with E-state index in [1.807, 2.05) is 0 Å². The van der Waals surface area contributed by atoms with Crippen molar-refractivity contribution in [2.24, 2.45) is 0 Å². The van der Waals surface area contributed by atoms with Crippen molar-refractivity contribution in [2.45, 2.75) is 19.6 Å². The maximum absolute atomic E-state index is 12.9. The highest BCUT2D eigenvalue weighted by Crippen LogP contribution is 2.20. The molecule has 4 heteroatoms. The minimum Gasteiger partial charge on any atom is -0.392 e. The van der Waals surface area contributed by atoms with Crippen molar-refractivity contribution in [1.29, 1.82) is 0 Å². The van der Waals surface area contributed by atoms with Gasteiger partial charge in [0.1, 0.15) is 5.82 Å². The van der Waals surface area contributed by atoms with Crippen molar-refractivity contribution < 1.29 is 14.6 Å². The molecule has 3 nitrogen and oxygen atoms in total. The first-order chi connectivity index (χ1) is 7.04. The molecule has 15 heavy (non-hydrogen) atoms. The second-order valence-corrected chi connectivity index (χ2v) is 3.66. The van der Waals surface area contributed by atoms with Gasteiger partial charge in [-0.05, 0) is 25.1 Å². The summed E-state index contributed by atoms with van der Waals surface area (Å²) in [5.41, 5.74) is 1.26. The predicted molar refractivity (Wildman–Crippen MR) is 57.3 cm³/mol. The zero-order chi connectivity index (χ0) is 11.4. The normalized spacial score (nSPS) is 12.6. The Balaban J connectivity index is 2.92. The average molecular weight is 213 g/mol. The van der Waals surface area contributed by atoms with Crippen LogP contribution in [0.4, 0.5) is 10.1 Å². The predicted octanol–water partition coefficient (Wildman–Crippen LogP) is 1.14. The molecule has 0 aromatic heterocycles. The third kappa shape index (κ3) is 3.18. The van der Waals surface area contributed by atoms with Crippen LogP contribution >= 0.6 is 0 Å². The Morgan fingerprint density at radius 3 is 2.67 bits per heavy atom. The Hall–Kier alpha value is -1.13. The summed E-state index contributed by atoms with van der Waals surface area (Å²) >= 11 is 0. The number of benzene rings is 1. The summed E-state index contributed by atoms with van der Waals surface area (Å²) in [7, 11) is 1.79. The fraction of sp³-hybridized carbons (Fsp3) is 0.455. The number of nitrogens with zero attached hydrogens (tertiary/aromatic N) is 1. The van der Waals surface area contributed by atoms with Gasteiger partial charge in [-0.3, -0.25) is 0 Å². The zero-order valence-corrected chi connectivity index (χ0v) is 8.94. The van der Waals surface area contributed by atoms with Crippen LogP contribution in [0.1, 0.15) is 12.5 Å². The smallest absolute Gasteiger partial charge is 0.123 e. The SMILES string of the molecule is CC(O)CN(C)c1ccc(F)cc1CO. The molecule has 0 spiro atoms. The van der Waals surface area contributed by atoms with Crippen LogP contribution in [0.3, 0.4) is 0 Å². The summed E-state index contributed by atoms with van der Waals surface area (Å²) in [4.78, 5) is 1.79. The van der Waals surface area contributed by atoms with E-state index in [4.69, 9.17) is 5.11 Å². The third-order valence-electron chi connectivity index (χ3n) is 2.16. The fourth-order valence-corrected chi connectivity index (χ4v) is 1.55. The van der Waals surface area contributed by atoms with Gasteiger partial charge < -0.3 is 15.1 Å². The quantitative estimate of drug-likeness (QED) is 0.788. The zero-order valence-electron chi connectivity index (χ0n) is 8.94. The summed E-state index contributed by atoms with van der Waals surface area (Å²) in [6.07, 6.45) is -0.466. The lowest BCUT2D eigenvalue weighted by Gasteiger charge is -2.23. The molecule has 0 amide bonds. The Labute approximate surface area is 88.8 Å². The van der Waals surface area contributed by atoms with E-state index in [0.29, 0.717) is 12.1 Å². The number of hydrogen-bond donors (Lipinski definition) is 2. The van der Waals surface area contributed by atoms with Gasteiger partial charge in [-0.1, -0.05) is 0 Å². The summed E-state index contributed by atoms with van der Waals surface area (Å²) in [5, 5.41) is 18.3. The van der Waals surface area contributed by atoms with Crippen LogP contribution in [-0.4, -0.2) is 29.9 Å². The number of aliphatic hydroxyl groups excluding tert-OH is 2. The molecule has 1 unspecified atom stereocenters. The lowest BCUT2D eigenvalue weighted by atomic mass is 10.1. The van der Waals surface area contributed by atoms with Crippen molar-refractivity contribution in [3.05, 3.63) is 29.6 Å². The number of aliphatic hydroxyl groups is 2. The van der Waals surface area contributed by atoms with E-state index >= 15 is 0 Å². The van der Waals surface area contributed by atoms with Gasteiger partial charge in [0.05, 0.1) is 12.7 Å². The topological polar surface area (TPSA) is 43.7 Å². The van der Waals surface area contributed by atoms with Crippen molar-refractivity contribution in [3.63, 3.8) is 0 Å². The van der Waals surface area contributed by atoms with Gasteiger partial charge in [0.25, 0.3) is 0 Å². The molecule has 1 rings (SSSR count). The van der Waals surface area contributed by atoms with Crippen LogP contribution in [0.5, 0.6) is 0 Å².